The smallest absolute Gasteiger partial charge is 0.0964 e. The molecule has 4 nitrogen and oxygen atoms in total. The number of aromatic nitrogens is 3. The monoisotopic (exact) mass is 290 g/mol. The maximum absolute atomic E-state index is 6.24. The zero-order valence-electron chi connectivity index (χ0n) is 11.6. The van der Waals surface area contributed by atoms with Gasteiger partial charge in [0.1, 0.15) is 0 Å². The molecule has 1 aliphatic carbocycles. The van der Waals surface area contributed by atoms with Crippen LogP contribution in [0.3, 0.4) is 0 Å². The number of nitrogens with zero attached hydrogens (tertiary/aromatic N) is 3. The predicted octanol–water partition coefficient (Wildman–Crippen LogP) is 2.79. The van der Waals surface area contributed by atoms with E-state index in [1.807, 2.05) is 29.9 Å². The highest BCUT2D eigenvalue weighted by Gasteiger charge is 2.20. The highest BCUT2D eigenvalue weighted by molar-refractivity contribution is 6.31. The average molecular weight is 291 g/mol. The summed E-state index contributed by atoms with van der Waals surface area (Å²) in [6, 6.07) is 6.09. The quantitative estimate of drug-likeness (QED) is 0.889. The number of hydrogen-bond donors (Lipinski definition) is 1. The molecule has 0 saturated heterocycles. The fourth-order valence-electron chi connectivity index (χ4n) is 2.18. The lowest BCUT2D eigenvalue weighted by Gasteiger charge is -2.04. The lowest BCUT2D eigenvalue weighted by atomic mass is 10.1. The zero-order valence-corrected chi connectivity index (χ0v) is 12.4. The van der Waals surface area contributed by atoms with Crippen LogP contribution in [0.15, 0.2) is 24.4 Å². The van der Waals surface area contributed by atoms with E-state index >= 15 is 0 Å². The second kappa shape index (κ2) is 5.94. The molecule has 1 aromatic carbocycles. The zero-order chi connectivity index (χ0) is 13.9. The van der Waals surface area contributed by atoms with Crippen molar-refractivity contribution < 1.29 is 0 Å². The summed E-state index contributed by atoms with van der Waals surface area (Å²) in [6.45, 7) is 4.58. The minimum Gasteiger partial charge on any atom is -0.311 e. The van der Waals surface area contributed by atoms with Crippen molar-refractivity contribution in [3.8, 4) is 0 Å². The van der Waals surface area contributed by atoms with E-state index in [4.69, 9.17) is 11.6 Å². The summed E-state index contributed by atoms with van der Waals surface area (Å²) in [5, 5.41) is 12.5. The van der Waals surface area contributed by atoms with Gasteiger partial charge < -0.3 is 5.32 Å². The molecule has 2 aromatic rings. The molecule has 0 unspecified atom stereocenters. The Balaban J connectivity index is 1.58. The van der Waals surface area contributed by atoms with E-state index in [9.17, 15) is 0 Å². The Labute approximate surface area is 124 Å². The molecular weight excluding hydrogens is 272 g/mol. The van der Waals surface area contributed by atoms with Gasteiger partial charge in [0.2, 0.25) is 0 Å². The molecule has 1 N–H and O–H groups in total. The van der Waals surface area contributed by atoms with Gasteiger partial charge in [0.25, 0.3) is 0 Å². The first kappa shape index (κ1) is 13.6. The first-order valence-electron chi connectivity index (χ1n) is 7.05. The van der Waals surface area contributed by atoms with Crippen LogP contribution in [0, 0.1) is 12.8 Å². The predicted molar refractivity (Wildman–Crippen MR) is 79.7 cm³/mol. The molecular formula is C15H19ClN4. The van der Waals surface area contributed by atoms with E-state index in [1.54, 1.807) is 0 Å². The van der Waals surface area contributed by atoms with Crippen molar-refractivity contribution in [3.63, 3.8) is 0 Å². The second-order valence-corrected chi connectivity index (χ2v) is 5.98. The largest absolute Gasteiger partial charge is 0.311 e. The lowest BCUT2D eigenvalue weighted by Crippen LogP contribution is -2.16. The Bertz CT molecular complexity index is 589. The third-order valence-electron chi connectivity index (χ3n) is 3.56. The van der Waals surface area contributed by atoms with E-state index in [-0.39, 0.29) is 0 Å². The first-order valence-corrected chi connectivity index (χ1v) is 7.43. The average Bonchev–Trinajstić information content (AvgIpc) is 3.12. The molecule has 1 heterocycles. The van der Waals surface area contributed by atoms with Crippen LogP contribution in [-0.4, -0.2) is 21.5 Å². The van der Waals surface area contributed by atoms with Gasteiger partial charge in [-0.05, 0) is 49.4 Å². The van der Waals surface area contributed by atoms with Gasteiger partial charge >= 0.3 is 0 Å². The van der Waals surface area contributed by atoms with Gasteiger partial charge in [-0.25, -0.2) is 4.68 Å². The van der Waals surface area contributed by atoms with Crippen molar-refractivity contribution in [2.75, 3.05) is 6.54 Å². The maximum atomic E-state index is 6.24. The number of rotatable bonds is 6. The molecule has 20 heavy (non-hydrogen) atoms. The molecule has 0 radical (unpaired) electrons. The van der Waals surface area contributed by atoms with Gasteiger partial charge in [-0.1, -0.05) is 28.9 Å². The van der Waals surface area contributed by atoms with Gasteiger partial charge in [-0.2, -0.15) is 0 Å². The summed E-state index contributed by atoms with van der Waals surface area (Å²) >= 11 is 6.24. The van der Waals surface area contributed by atoms with Crippen molar-refractivity contribution in [3.05, 3.63) is 46.2 Å². The van der Waals surface area contributed by atoms with Crippen molar-refractivity contribution in [2.24, 2.45) is 5.92 Å². The van der Waals surface area contributed by atoms with Gasteiger partial charge in [0.15, 0.2) is 0 Å². The number of benzene rings is 1. The van der Waals surface area contributed by atoms with E-state index in [1.165, 1.54) is 18.4 Å². The Morgan fingerprint density at radius 1 is 1.40 bits per heavy atom. The number of hydrogen-bond acceptors (Lipinski definition) is 3. The lowest BCUT2D eigenvalue weighted by molar-refractivity contribution is 0.627. The van der Waals surface area contributed by atoms with Crippen molar-refractivity contribution >= 4 is 11.6 Å². The number of nitrogens with one attached hydrogen (secondary N) is 1. The summed E-state index contributed by atoms with van der Waals surface area (Å²) < 4.78 is 1.84. The van der Waals surface area contributed by atoms with Gasteiger partial charge in [-0.3, -0.25) is 0 Å². The Kier molecular flexibility index (Phi) is 4.03. The maximum Gasteiger partial charge on any atom is 0.0964 e. The van der Waals surface area contributed by atoms with Crippen LogP contribution < -0.4 is 5.32 Å². The first-order chi connectivity index (χ1) is 9.70. The molecule has 106 valence electrons. The van der Waals surface area contributed by atoms with Gasteiger partial charge in [-0.15, -0.1) is 5.10 Å². The van der Waals surface area contributed by atoms with Crippen molar-refractivity contribution in [2.45, 2.75) is 32.9 Å². The van der Waals surface area contributed by atoms with Crippen LogP contribution in [-0.2, 0) is 13.1 Å². The van der Waals surface area contributed by atoms with Crippen LogP contribution in [0.5, 0.6) is 0 Å². The minimum absolute atomic E-state index is 0.661. The van der Waals surface area contributed by atoms with Gasteiger partial charge in [0.05, 0.1) is 18.4 Å². The highest BCUT2D eigenvalue weighted by atomic mass is 35.5. The molecule has 0 atom stereocenters. The van der Waals surface area contributed by atoms with Crippen LogP contribution in [0.25, 0.3) is 0 Å². The number of aryl methyl sites for hydroxylation is 1. The molecule has 0 amide bonds. The summed E-state index contributed by atoms with van der Waals surface area (Å²) in [4.78, 5) is 0. The molecule has 1 aromatic heterocycles. The summed E-state index contributed by atoms with van der Waals surface area (Å²) in [5.41, 5.74) is 3.22. The molecule has 1 fully saturated rings. The third kappa shape index (κ3) is 3.58. The Morgan fingerprint density at radius 2 is 2.25 bits per heavy atom. The Morgan fingerprint density at radius 3 is 3.00 bits per heavy atom. The second-order valence-electron chi connectivity index (χ2n) is 5.58. The van der Waals surface area contributed by atoms with Crippen LogP contribution in [0.4, 0.5) is 0 Å². The van der Waals surface area contributed by atoms with Gasteiger partial charge in [0, 0.05) is 11.6 Å². The molecule has 1 saturated carbocycles. The number of halogens is 1. The topological polar surface area (TPSA) is 42.7 Å². The van der Waals surface area contributed by atoms with Crippen LogP contribution in [0.2, 0.25) is 5.02 Å². The summed E-state index contributed by atoms with van der Waals surface area (Å²) in [7, 11) is 0. The SMILES string of the molecule is Cc1ccc(Cn2cc(CNCC3CC3)nn2)c(Cl)c1. The normalized spacial score (nSPS) is 14.7. The van der Waals surface area contributed by atoms with E-state index < -0.39 is 0 Å². The fraction of sp³-hybridized carbons (Fsp3) is 0.467. The third-order valence-corrected chi connectivity index (χ3v) is 3.91. The van der Waals surface area contributed by atoms with Crippen LogP contribution >= 0.6 is 11.6 Å². The summed E-state index contributed by atoms with van der Waals surface area (Å²) in [5.74, 6) is 0.886. The molecule has 0 aliphatic heterocycles. The van der Waals surface area contributed by atoms with E-state index in [2.05, 4.69) is 21.7 Å². The molecule has 0 bridgehead atoms. The van der Waals surface area contributed by atoms with Crippen molar-refractivity contribution in [1.82, 2.24) is 20.3 Å². The molecule has 3 rings (SSSR count). The molecule has 1 aliphatic rings. The molecule has 5 heteroatoms. The molecule has 0 spiro atoms. The minimum atomic E-state index is 0.661. The van der Waals surface area contributed by atoms with Crippen molar-refractivity contribution in [1.29, 1.82) is 0 Å². The fourth-order valence-corrected chi connectivity index (χ4v) is 2.47. The standard InChI is InChI=1S/C15H19ClN4/c1-11-2-5-13(15(16)6-11)9-20-10-14(18-19-20)8-17-7-12-3-4-12/h2,5-6,10,12,17H,3-4,7-9H2,1H3. The summed E-state index contributed by atoms with van der Waals surface area (Å²) in [6.07, 6.45) is 4.72. The van der Waals surface area contributed by atoms with Crippen LogP contribution in [0.1, 0.15) is 29.7 Å². The van der Waals surface area contributed by atoms with E-state index in [0.29, 0.717) is 6.54 Å². The van der Waals surface area contributed by atoms with E-state index in [0.717, 1.165) is 35.3 Å². The highest BCUT2D eigenvalue weighted by Crippen LogP contribution is 2.27. The Hall–Kier alpha value is -1.39.